The quantitative estimate of drug-likeness (QED) is 0.717. The molecule has 1 aromatic rings. The van der Waals surface area contributed by atoms with E-state index in [4.69, 9.17) is 5.26 Å². The van der Waals surface area contributed by atoms with Crippen LogP contribution in [0, 0.1) is 40.8 Å². The maximum Gasteiger partial charge on any atom is 0.142 e. The largest absolute Gasteiger partial charge is 0.206 e. The van der Waals surface area contributed by atoms with E-state index in [1.807, 2.05) is 6.07 Å². The Kier molecular flexibility index (Phi) is 5.19. The average molecular weight is 269 g/mol. The van der Waals surface area contributed by atoms with Crippen molar-refractivity contribution in [3.63, 3.8) is 0 Å². The molecule has 2 rings (SSSR count). The highest BCUT2D eigenvalue weighted by Gasteiger charge is 2.18. The van der Waals surface area contributed by atoms with Crippen molar-refractivity contribution in [2.24, 2.45) is 11.8 Å². The summed E-state index contributed by atoms with van der Waals surface area (Å²) in [6.45, 7) is 2.24. The third kappa shape index (κ3) is 3.84. The lowest BCUT2D eigenvalue weighted by molar-refractivity contribution is 0.300. The summed E-state index contributed by atoms with van der Waals surface area (Å²) in [5, 5.41) is 8.69. The molecule has 2 heteroatoms. The molecule has 0 atom stereocenters. The smallest absolute Gasteiger partial charge is 0.142 e. The molecule has 1 nitrogen and oxygen atoms in total. The fourth-order valence-corrected chi connectivity index (χ4v) is 2.87. The van der Waals surface area contributed by atoms with Crippen LogP contribution in [-0.4, -0.2) is 0 Å². The topological polar surface area (TPSA) is 23.8 Å². The molecule has 104 valence electrons. The summed E-state index contributed by atoms with van der Waals surface area (Å²) in [6.07, 6.45) is 7.48. The Balaban J connectivity index is 1.95. The maximum absolute atomic E-state index is 13.5. The van der Waals surface area contributed by atoms with Crippen molar-refractivity contribution < 1.29 is 4.39 Å². The van der Waals surface area contributed by atoms with Gasteiger partial charge in [-0.05, 0) is 49.8 Å². The zero-order chi connectivity index (χ0) is 14.4. The van der Waals surface area contributed by atoms with Gasteiger partial charge in [-0.1, -0.05) is 31.6 Å². The minimum Gasteiger partial charge on any atom is -0.206 e. The second-order valence-electron chi connectivity index (χ2n) is 5.58. The Morgan fingerprint density at radius 3 is 2.60 bits per heavy atom. The Hall–Kier alpha value is -1.80. The Morgan fingerprint density at radius 2 is 2.00 bits per heavy atom. The van der Waals surface area contributed by atoms with Crippen molar-refractivity contribution in [1.82, 2.24) is 0 Å². The van der Waals surface area contributed by atoms with Gasteiger partial charge in [-0.25, -0.2) is 4.39 Å². The van der Waals surface area contributed by atoms with Crippen LogP contribution in [0.25, 0.3) is 0 Å². The van der Waals surface area contributed by atoms with E-state index in [9.17, 15) is 4.39 Å². The second kappa shape index (κ2) is 7.11. The van der Waals surface area contributed by atoms with Crippen molar-refractivity contribution in [3.05, 3.63) is 35.1 Å². The highest BCUT2D eigenvalue weighted by Crippen LogP contribution is 2.31. The van der Waals surface area contributed by atoms with Crippen molar-refractivity contribution >= 4 is 0 Å². The zero-order valence-corrected chi connectivity index (χ0v) is 12.0. The van der Waals surface area contributed by atoms with Gasteiger partial charge < -0.3 is 0 Å². The number of nitrogens with zero attached hydrogens (tertiary/aromatic N) is 1. The van der Waals surface area contributed by atoms with Crippen LogP contribution in [0.5, 0.6) is 0 Å². The molecule has 1 aromatic carbocycles. The zero-order valence-electron chi connectivity index (χ0n) is 12.0. The van der Waals surface area contributed by atoms with Gasteiger partial charge in [0.1, 0.15) is 11.9 Å². The van der Waals surface area contributed by atoms with Gasteiger partial charge in [0.15, 0.2) is 0 Å². The van der Waals surface area contributed by atoms with E-state index < -0.39 is 5.82 Å². The van der Waals surface area contributed by atoms with Gasteiger partial charge in [0.05, 0.1) is 5.56 Å². The molecule has 0 bridgehead atoms. The van der Waals surface area contributed by atoms with Crippen LogP contribution in [0.1, 0.15) is 56.6 Å². The van der Waals surface area contributed by atoms with Gasteiger partial charge in [0.2, 0.25) is 0 Å². The monoisotopic (exact) mass is 269 g/mol. The molecule has 0 saturated heterocycles. The second-order valence-corrected chi connectivity index (χ2v) is 5.58. The van der Waals surface area contributed by atoms with E-state index in [1.54, 1.807) is 6.07 Å². The van der Waals surface area contributed by atoms with Crippen LogP contribution in [0.2, 0.25) is 0 Å². The highest BCUT2D eigenvalue weighted by atomic mass is 19.1. The summed E-state index contributed by atoms with van der Waals surface area (Å²) in [4.78, 5) is 0. The maximum atomic E-state index is 13.5. The molecular weight excluding hydrogens is 249 g/mol. The van der Waals surface area contributed by atoms with E-state index in [1.165, 1.54) is 37.8 Å². The predicted molar refractivity (Wildman–Crippen MR) is 78.3 cm³/mol. The summed E-state index contributed by atoms with van der Waals surface area (Å²) in [5.41, 5.74) is 0.743. The van der Waals surface area contributed by atoms with E-state index in [0.29, 0.717) is 11.5 Å². The number of benzene rings is 1. The molecule has 0 spiro atoms. The minimum atomic E-state index is -0.481. The number of hydrogen-bond acceptors (Lipinski definition) is 1. The summed E-state index contributed by atoms with van der Waals surface area (Å²) in [7, 11) is 0. The van der Waals surface area contributed by atoms with Crippen molar-refractivity contribution in [2.45, 2.75) is 45.4 Å². The normalized spacial score (nSPS) is 21.6. The third-order valence-electron chi connectivity index (χ3n) is 4.05. The predicted octanol–water partition coefficient (Wildman–Crippen LogP) is 4.66. The van der Waals surface area contributed by atoms with Gasteiger partial charge in [0.25, 0.3) is 0 Å². The number of rotatable bonds is 2. The molecule has 0 aromatic heterocycles. The first-order valence-electron chi connectivity index (χ1n) is 7.44. The molecule has 1 fully saturated rings. The molecule has 0 radical (unpaired) electrons. The molecule has 1 aliphatic rings. The van der Waals surface area contributed by atoms with Crippen LogP contribution in [0.4, 0.5) is 4.39 Å². The summed E-state index contributed by atoms with van der Waals surface area (Å²) in [5.74, 6) is 7.17. The van der Waals surface area contributed by atoms with Crippen molar-refractivity contribution in [2.75, 3.05) is 0 Å². The van der Waals surface area contributed by atoms with E-state index in [0.717, 1.165) is 18.8 Å². The fraction of sp³-hybridized carbons (Fsp3) is 0.500. The minimum absolute atomic E-state index is 0.0793. The van der Waals surface area contributed by atoms with E-state index in [2.05, 4.69) is 18.8 Å². The lowest BCUT2D eigenvalue weighted by atomic mass is 9.80. The first kappa shape index (κ1) is 14.6. The molecule has 20 heavy (non-hydrogen) atoms. The molecule has 1 saturated carbocycles. The van der Waals surface area contributed by atoms with Gasteiger partial charge in [-0.15, -0.1) is 0 Å². The van der Waals surface area contributed by atoms with Crippen LogP contribution in [0.3, 0.4) is 0 Å². The van der Waals surface area contributed by atoms with Gasteiger partial charge in [-0.3, -0.25) is 0 Å². The average Bonchev–Trinajstić information content (AvgIpc) is 2.47. The molecule has 0 unspecified atom stereocenters. The van der Waals surface area contributed by atoms with Crippen LogP contribution in [-0.2, 0) is 0 Å². The lowest BCUT2D eigenvalue weighted by Gasteiger charge is -2.25. The summed E-state index contributed by atoms with van der Waals surface area (Å²) in [6, 6.07) is 6.39. The Labute approximate surface area is 120 Å². The summed E-state index contributed by atoms with van der Waals surface area (Å²) < 4.78 is 13.5. The highest BCUT2D eigenvalue weighted by molar-refractivity contribution is 5.41. The first-order chi connectivity index (χ1) is 9.72. The molecule has 0 amide bonds. The van der Waals surface area contributed by atoms with Crippen molar-refractivity contribution in [1.29, 1.82) is 5.26 Å². The molecular formula is C18H20FN. The lowest BCUT2D eigenvalue weighted by Crippen LogP contribution is -2.13. The number of nitriles is 1. The van der Waals surface area contributed by atoms with Gasteiger partial charge in [0, 0.05) is 11.5 Å². The SMILES string of the molecule is CCCC1CCC(C#Cc2ccc(C#N)c(F)c2)CC1. The van der Waals surface area contributed by atoms with Gasteiger partial charge in [-0.2, -0.15) is 5.26 Å². The Morgan fingerprint density at radius 1 is 1.25 bits per heavy atom. The first-order valence-corrected chi connectivity index (χ1v) is 7.44. The fourth-order valence-electron chi connectivity index (χ4n) is 2.87. The van der Waals surface area contributed by atoms with Crippen LogP contribution >= 0.6 is 0 Å². The molecule has 1 aliphatic carbocycles. The van der Waals surface area contributed by atoms with E-state index >= 15 is 0 Å². The molecule has 0 N–H and O–H groups in total. The third-order valence-corrected chi connectivity index (χ3v) is 4.05. The van der Waals surface area contributed by atoms with Gasteiger partial charge >= 0.3 is 0 Å². The standard InChI is InChI=1S/C18H20FN/c1-2-3-14-4-6-15(7-5-14)8-9-16-10-11-17(13-20)18(19)12-16/h10-12,14-15H,2-7H2,1H3. The van der Waals surface area contributed by atoms with Crippen molar-refractivity contribution in [3.8, 4) is 17.9 Å². The molecule has 0 heterocycles. The van der Waals surface area contributed by atoms with Crippen LogP contribution < -0.4 is 0 Å². The Bertz CT molecular complexity index is 551. The molecule has 0 aliphatic heterocycles. The summed E-state index contributed by atoms with van der Waals surface area (Å²) >= 11 is 0. The number of hydrogen-bond donors (Lipinski definition) is 0. The van der Waals surface area contributed by atoms with Crippen LogP contribution in [0.15, 0.2) is 18.2 Å². The number of halogens is 1. The van der Waals surface area contributed by atoms with E-state index in [-0.39, 0.29) is 5.56 Å².